The summed E-state index contributed by atoms with van der Waals surface area (Å²) >= 11 is 0. The first-order valence-corrected chi connectivity index (χ1v) is 11.2. The Labute approximate surface area is 150 Å². The molecule has 3 aliphatic carbocycles. The van der Waals surface area contributed by atoms with Gasteiger partial charge < -0.3 is 0 Å². The summed E-state index contributed by atoms with van der Waals surface area (Å²) in [5, 5.41) is 9.83. The van der Waals surface area contributed by atoms with Crippen LogP contribution in [0.3, 0.4) is 0 Å². The van der Waals surface area contributed by atoms with Crippen molar-refractivity contribution < 1.29 is 0 Å². The lowest BCUT2D eigenvalue weighted by molar-refractivity contribution is -0.0262. The zero-order valence-corrected chi connectivity index (χ0v) is 16.1. The third kappa shape index (κ3) is 3.68. The van der Waals surface area contributed by atoms with E-state index < -0.39 is 0 Å². The molecule has 3 rings (SSSR count). The lowest BCUT2D eigenvalue weighted by atomic mass is 9.51. The number of hydrogen-bond donors (Lipinski definition) is 0. The molecule has 0 saturated heterocycles. The summed E-state index contributed by atoms with van der Waals surface area (Å²) in [5.74, 6) is 1.95. The van der Waals surface area contributed by atoms with E-state index in [1.165, 1.54) is 103 Å². The van der Waals surface area contributed by atoms with E-state index in [-0.39, 0.29) is 5.41 Å². The zero-order valence-electron chi connectivity index (χ0n) is 16.1. The molecule has 0 bridgehead atoms. The topological polar surface area (TPSA) is 23.8 Å². The highest BCUT2D eigenvalue weighted by molar-refractivity contribution is 5.05. The molecule has 0 aromatic carbocycles. The van der Waals surface area contributed by atoms with Crippen molar-refractivity contribution in [3.05, 3.63) is 0 Å². The molecule has 0 heterocycles. The Morgan fingerprint density at radius 3 is 1.96 bits per heavy atom. The predicted molar refractivity (Wildman–Crippen MR) is 102 cm³/mol. The van der Waals surface area contributed by atoms with E-state index in [2.05, 4.69) is 13.0 Å². The van der Waals surface area contributed by atoms with Crippen molar-refractivity contribution in [2.24, 2.45) is 22.7 Å². The van der Waals surface area contributed by atoms with Gasteiger partial charge in [-0.15, -0.1) is 0 Å². The first-order chi connectivity index (χ1) is 11.7. The summed E-state index contributed by atoms with van der Waals surface area (Å²) in [6.45, 7) is 2.26. The second kappa shape index (κ2) is 8.25. The van der Waals surface area contributed by atoms with Gasteiger partial charge in [-0.2, -0.15) is 5.26 Å². The molecule has 3 fully saturated rings. The molecule has 0 radical (unpaired) electrons. The normalized spacial score (nSPS) is 34.6. The van der Waals surface area contributed by atoms with Crippen molar-refractivity contribution in [1.29, 1.82) is 5.26 Å². The van der Waals surface area contributed by atoms with Gasteiger partial charge in [0.1, 0.15) is 0 Å². The minimum absolute atomic E-state index is 0.0366. The summed E-state index contributed by atoms with van der Waals surface area (Å²) in [7, 11) is 0. The van der Waals surface area contributed by atoms with Crippen LogP contribution in [0.4, 0.5) is 0 Å². The standard InChI is InChI=1S/C23H39N/c1-2-3-14-22(19-24)17-12-21(13-18-22)23(15-8-5-9-16-23)20-10-6-4-7-11-20/h20-21H,2-18H2,1H3/t21-,22+. The van der Waals surface area contributed by atoms with Crippen LogP contribution in [0.15, 0.2) is 0 Å². The van der Waals surface area contributed by atoms with Gasteiger partial charge in [-0.3, -0.25) is 0 Å². The summed E-state index contributed by atoms with van der Waals surface area (Å²) in [4.78, 5) is 0. The maximum Gasteiger partial charge on any atom is 0.0689 e. The molecule has 0 N–H and O–H groups in total. The maximum absolute atomic E-state index is 9.83. The monoisotopic (exact) mass is 329 g/mol. The highest BCUT2D eigenvalue weighted by Crippen LogP contribution is 2.58. The van der Waals surface area contributed by atoms with Crippen molar-refractivity contribution in [2.45, 2.75) is 116 Å². The lowest BCUT2D eigenvalue weighted by Crippen LogP contribution is -2.43. The first-order valence-electron chi connectivity index (χ1n) is 11.2. The summed E-state index contributed by atoms with van der Waals surface area (Å²) in [5.41, 5.74) is 0.708. The number of unbranched alkanes of at least 4 members (excludes halogenated alkanes) is 1. The van der Waals surface area contributed by atoms with E-state index in [4.69, 9.17) is 0 Å². The molecule has 24 heavy (non-hydrogen) atoms. The molecule has 0 aromatic rings. The van der Waals surface area contributed by atoms with E-state index in [0.29, 0.717) is 5.41 Å². The van der Waals surface area contributed by atoms with Crippen LogP contribution in [0.5, 0.6) is 0 Å². The smallest absolute Gasteiger partial charge is 0.0689 e. The van der Waals surface area contributed by atoms with Crippen LogP contribution in [0.1, 0.15) is 116 Å². The van der Waals surface area contributed by atoms with Crippen molar-refractivity contribution in [2.75, 3.05) is 0 Å². The van der Waals surface area contributed by atoms with Gasteiger partial charge in [0, 0.05) is 0 Å². The Balaban J connectivity index is 1.70. The molecular formula is C23H39N. The lowest BCUT2D eigenvalue weighted by Gasteiger charge is -2.53. The Kier molecular flexibility index (Phi) is 6.28. The number of hydrogen-bond acceptors (Lipinski definition) is 1. The van der Waals surface area contributed by atoms with Crippen molar-refractivity contribution in [1.82, 2.24) is 0 Å². The van der Waals surface area contributed by atoms with E-state index in [9.17, 15) is 5.26 Å². The zero-order chi connectivity index (χ0) is 16.9. The Hall–Kier alpha value is -0.510. The highest BCUT2D eigenvalue weighted by Gasteiger charge is 2.48. The average molecular weight is 330 g/mol. The number of nitrogens with zero attached hydrogens (tertiary/aromatic N) is 1. The van der Waals surface area contributed by atoms with E-state index in [1.54, 1.807) is 0 Å². The molecule has 3 aliphatic rings. The fourth-order valence-corrected chi connectivity index (χ4v) is 6.72. The molecule has 0 aromatic heterocycles. The predicted octanol–water partition coefficient (Wildman–Crippen LogP) is 7.41. The Morgan fingerprint density at radius 1 is 0.792 bits per heavy atom. The molecule has 0 unspecified atom stereocenters. The van der Waals surface area contributed by atoms with Crippen LogP contribution in [-0.4, -0.2) is 0 Å². The van der Waals surface area contributed by atoms with Gasteiger partial charge >= 0.3 is 0 Å². The molecule has 0 atom stereocenters. The third-order valence-corrected chi connectivity index (χ3v) is 8.20. The highest BCUT2D eigenvalue weighted by atomic mass is 14.5. The summed E-state index contributed by atoms with van der Waals surface area (Å²) < 4.78 is 0. The molecule has 3 saturated carbocycles. The van der Waals surface area contributed by atoms with Crippen LogP contribution < -0.4 is 0 Å². The van der Waals surface area contributed by atoms with Crippen LogP contribution in [-0.2, 0) is 0 Å². The van der Waals surface area contributed by atoms with Crippen LogP contribution in [0.2, 0.25) is 0 Å². The van der Waals surface area contributed by atoms with Gasteiger partial charge in [0.15, 0.2) is 0 Å². The van der Waals surface area contributed by atoms with Gasteiger partial charge in [0.05, 0.1) is 11.5 Å². The van der Waals surface area contributed by atoms with E-state index >= 15 is 0 Å². The van der Waals surface area contributed by atoms with Crippen molar-refractivity contribution >= 4 is 0 Å². The Morgan fingerprint density at radius 2 is 1.38 bits per heavy atom. The summed E-state index contributed by atoms with van der Waals surface area (Å²) in [6, 6.07) is 2.77. The number of nitriles is 1. The van der Waals surface area contributed by atoms with Crippen molar-refractivity contribution in [3.8, 4) is 6.07 Å². The Bertz CT molecular complexity index is 412. The molecule has 1 heteroatoms. The van der Waals surface area contributed by atoms with E-state index in [1.807, 2.05) is 0 Å². The molecular weight excluding hydrogens is 290 g/mol. The SMILES string of the molecule is CCCC[C@]1(C#N)CC[C@@H](C2(C3CCCCC3)CCCCC2)CC1. The van der Waals surface area contributed by atoms with Gasteiger partial charge in [-0.1, -0.05) is 58.3 Å². The second-order valence-electron chi connectivity index (χ2n) is 9.40. The quantitative estimate of drug-likeness (QED) is 0.515. The molecule has 0 amide bonds. The minimum Gasteiger partial charge on any atom is -0.198 e. The second-order valence-corrected chi connectivity index (χ2v) is 9.40. The largest absolute Gasteiger partial charge is 0.198 e. The van der Waals surface area contributed by atoms with Gasteiger partial charge in [0.2, 0.25) is 0 Å². The van der Waals surface area contributed by atoms with Crippen LogP contribution in [0.25, 0.3) is 0 Å². The molecule has 0 spiro atoms. The van der Waals surface area contributed by atoms with Gasteiger partial charge in [-0.05, 0) is 75.0 Å². The van der Waals surface area contributed by atoms with Gasteiger partial charge in [-0.25, -0.2) is 0 Å². The van der Waals surface area contributed by atoms with Gasteiger partial charge in [0.25, 0.3) is 0 Å². The molecule has 0 aliphatic heterocycles. The van der Waals surface area contributed by atoms with Crippen LogP contribution in [0, 0.1) is 34.0 Å². The third-order valence-electron chi connectivity index (χ3n) is 8.20. The fraction of sp³-hybridized carbons (Fsp3) is 0.957. The first kappa shape index (κ1) is 18.3. The van der Waals surface area contributed by atoms with Crippen molar-refractivity contribution in [3.63, 3.8) is 0 Å². The summed E-state index contributed by atoms with van der Waals surface area (Å²) in [6.07, 6.45) is 23.7. The minimum atomic E-state index is 0.0366. The molecule has 1 nitrogen and oxygen atoms in total. The van der Waals surface area contributed by atoms with Crippen LogP contribution >= 0.6 is 0 Å². The van der Waals surface area contributed by atoms with E-state index in [0.717, 1.165) is 18.3 Å². The number of rotatable bonds is 5. The molecule has 136 valence electrons. The average Bonchev–Trinajstić information content (AvgIpc) is 2.68. The fourth-order valence-electron chi connectivity index (χ4n) is 6.72. The maximum atomic E-state index is 9.83.